The Morgan fingerprint density at radius 2 is 2.29 bits per heavy atom. The summed E-state index contributed by atoms with van der Waals surface area (Å²) in [5, 5.41) is 10.3. The van der Waals surface area contributed by atoms with Gasteiger partial charge in [0.05, 0.1) is 0 Å². The molecule has 1 rings (SSSR count). The summed E-state index contributed by atoms with van der Waals surface area (Å²) in [6.07, 6.45) is 0.882. The van der Waals surface area contributed by atoms with Crippen molar-refractivity contribution >= 4 is 17.5 Å². The summed E-state index contributed by atoms with van der Waals surface area (Å²) in [7, 11) is 0. The molecule has 0 aliphatic carbocycles. The molecule has 1 aromatic heterocycles. The Labute approximate surface area is 87.7 Å². The first-order valence-electron chi connectivity index (χ1n) is 4.43. The van der Waals surface area contributed by atoms with Crippen LogP contribution in [0.25, 0.3) is 0 Å². The van der Waals surface area contributed by atoms with Gasteiger partial charge in [0.15, 0.2) is 10.8 Å². The number of carbonyl (C=O) groups is 1. The number of hydrogen-bond acceptors (Lipinski definition) is 3. The van der Waals surface area contributed by atoms with Crippen LogP contribution < -0.4 is 5.32 Å². The highest BCUT2D eigenvalue weighted by atomic mass is 35.5. The van der Waals surface area contributed by atoms with Crippen LogP contribution in [0.2, 0.25) is 5.15 Å². The van der Waals surface area contributed by atoms with Crippen LogP contribution in [0.5, 0.6) is 0 Å². The Balaban J connectivity index is 2.65. The molecule has 1 heterocycles. The minimum absolute atomic E-state index is 0.139. The van der Waals surface area contributed by atoms with Gasteiger partial charge in [0.2, 0.25) is 0 Å². The van der Waals surface area contributed by atoms with Crippen molar-refractivity contribution in [3.8, 4) is 0 Å². The second kappa shape index (κ2) is 4.91. The number of rotatable bonds is 3. The fourth-order valence-corrected chi connectivity index (χ4v) is 0.938. The van der Waals surface area contributed by atoms with E-state index in [2.05, 4.69) is 15.5 Å². The summed E-state index contributed by atoms with van der Waals surface area (Å²) in [6.45, 7) is 3.93. The van der Waals surface area contributed by atoms with Gasteiger partial charge in [-0.05, 0) is 25.5 Å². The van der Waals surface area contributed by atoms with E-state index in [9.17, 15) is 4.79 Å². The molecule has 1 unspecified atom stereocenters. The van der Waals surface area contributed by atoms with Crippen molar-refractivity contribution in [2.75, 3.05) is 0 Å². The number of amides is 1. The number of aromatic nitrogens is 2. The molecular weight excluding hydrogens is 202 g/mol. The van der Waals surface area contributed by atoms with Gasteiger partial charge in [-0.25, -0.2) is 0 Å². The van der Waals surface area contributed by atoms with Crippen molar-refractivity contribution in [1.82, 2.24) is 15.5 Å². The molecule has 5 heteroatoms. The lowest BCUT2D eigenvalue weighted by Crippen LogP contribution is -2.32. The second-order valence-corrected chi connectivity index (χ2v) is 3.41. The van der Waals surface area contributed by atoms with Crippen molar-refractivity contribution < 1.29 is 4.79 Å². The normalized spacial score (nSPS) is 12.2. The first kappa shape index (κ1) is 10.9. The summed E-state index contributed by atoms with van der Waals surface area (Å²) < 4.78 is 0. The van der Waals surface area contributed by atoms with E-state index >= 15 is 0 Å². The highest BCUT2D eigenvalue weighted by Crippen LogP contribution is 2.02. The van der Waals surface area contributed by atoms with Crippen LogP contribution in [0.3, 0.4) is 0 Å². The zero-order valence-electron chi connectivity index (χ0n) is 8.12. The molecule has 1 atom stereocenters. The number of halogens is 1. The zero-order valence-corrected chi connectivity index (χ0v) is 8.88. The van der Waals surface area contributed by atoms with Gasteiger partial charge in [-0.2, -0.15) is 0 Å². The average Bonchev–Trinajstić information content (AvgIpc) is 2.18. The van der Waals surface area contributed by atoms with Gasteiger partial charge in [0, 0.05) is 6.04 Å². The first-order valence-corrected chi connectivity index (χ1v) is 4.81. The number of carbonyl (C=O) groups excluding carboxylic acids is 1. The van der Waals surface area contributed by atoms with E-state index in [1.165, 1.54) is 0 Å². The molecule has 14 heavy (non-hydrogen) atoms. The molecule has 0 radical (unpaired) electrons. The predicted molar refractivity (Wildman–Crippen MR) is 54.3 cm³/mol. The molecule has 76 valence electrons. The van der Waals surface area contributed by atoms with E-state index in [-0.39, 0.29) is 22.8 Å². The maximum Gasteiger partial charge on any atom is 0.272 e. The molecule has 0 saturated heterocycles. The molecule has 0 bridgehead atoms. The average molecular weight is 214 g/mol. The quantitative estimate of drug-likeness (QED) is 0.831. The fourth-order valence-electron chi connectivity index (χ4n) is 0.837. The van der Waals surface area contributed by atoms with E-state index in [0.29, 0.717) is 0 Å². The smallest absolute Gasteiger partial charge is 0.272 e. The van der Waals surface area contributed by atoms with Crippen LogP contribution in [0.1, 0.15) is 30.8 Å². The summed E-state index contributed by atoms with van der Waals surface area (Å²) >= 11 is 5.54. The van der Waals surface area contributed by atoms with Crippen molar-refractivity contribution in [2.24, 2.45) is 0 Å². The molecule has 4 nitrogen and oxygen atoms in total. The van der Waals surface area contributed by atoms with Crippen molar-refractivity contribution in [1.29, 1.82) is 0 Å². The summed E-state index contributed by atoms with van der Waals surface area (Å²) in [6, 6.07) is 3.23. The van der Waals surface area contributed by atoms with Crippen LogP contribution in [0.4, 0.5) is 0 Å². The minimum Gasteiger partial charge on any atom is -0.348 e. The van der Waals surface area contributed by atoms with E-state index in [1.54, 1.807) is 12.1 Å². The Morgan fingerprint density at radius 1 is 1.57 bits per heavy atom. The molecule has 0 fully saturated rings. The van der Waals surface area contributed by atoms with Crippen LogP contribution in [0.15, 0.2) is 12.1 Å². The third kappa shape index (κ3) is 2.96. The van der Waals surface area contributed by atoms with Gasteiger partial charge in [-0.15, -0.1) is 10.2 Å². The largest absolute Gasteiger partial charge is 0.348 e. The van der Waals surface area contributed by atoms with E-state index < -0.39 is 0 Å². The fraction of sp³-hybridized carbons (Fsp3) is 0.444. The van der Waals surface area contributed by atoms with Gasteiger partial charge in [0.25, 0.3) is 5.91 Å². The first-order chi connectivity index (χ1) is 6.63. The highest BCUT2D eigenvalue weighted by molar-refractivity contribution is 6.29. The third-order valence-electron chi connectivity index (χ3n) is 1.85. The highest BCUT2D eigenvalue weighted by Gasteiger charge is 2.09. The molecule has 0 spiro atoms. The van der Waals surface area contributed by atoms with Crippen LogP contribution in [0, 0.1) is 0 Å². The Bertz CT molecular complexity index is 312. The molecule has 1 N–H and O–H groups in total. The lowest BCUT2D eigenvalue weighted by molar-refractivity contribution is 0.0933. The maximum absolute atomic E-state index is 11.5. The lowest BCUT2D eigenvalue weighted by atomic mass is 10.2. The number of hydrogen-bond donors (Lipinski definition) is 1. The predicted octanol–water partition coefficient (Wildman–Crippen LogP) is 1.66. The molecule has 0 aliphatic rings. The molecule has 0 saturated carbocycles. The van der Waals surface area contributed by atoms with Gasteiger partial charge in [0.1, 0.15) is 0 Å². The van der Waals surface area contributed by atoms with Gasteiger partial charge < -0.3 is 5.32 Å². The molecule has 1 aromatic rings. The van der Waals surface area contributed by atoms with E-state index in [0.717, 1.165) is 6.42 Å². The Hall–Kier alpha value is -1.16. The van der Waals surface area contributed by atoms with Gasteiger partial charge in [-0.1, -0.05) is 18.5 Å². The molecule has 0 aromatic carbocycles. The Morgan fingerprint density at radius 3 is 2.79 bits per heavy atom. The SMILES string of the molecule is CCC(C)NC(=O)c1ccc(Cl)nn1. The van der Waals surface area contributed by atoms with Crippen molar-refractivity contribution in [3.63, 3.8) is 0 Å². The molecular formula is C9H12ClN3O. The van der Waals surface area contributed by atoms with E-state index in [4.69, 9.17) is 11.6 Å². The minimum atomic E-state index is -0.219. The second-order valence-electron chi connectivity index (χ2n) is 3.02. The number of nitrogens with one attached hydrogen (secondary N) is 1. The van der Waals surface area contributed by atoms with Crippen LogP contribution >= 0.6 is 11.6 Å². The topological polar surface area (TPSA) is 54.9 Å². The third-order valence-corrected chi connectivity index (χ3v) is 2.06. The number of nitrogens with zero attached hydrogens (tertiary/aromatic N) is 2. The van der Waals surface area contributed by atoms with Crippen LogP contribution in [-0.4, -0.2) is 22.1 Å². The lowest BCUT2D eigenvalue weighted by Gasteiger charge is -2.09. The van der Waals surface area contributed by atoms with Gasteiger partial charge in [-0.3, -0.25) is 4.79 Å². The van der Waals surface area contributed by atoms with E-state index in [1.807, 2.05) is 13.8 Å². The summed E-state index contributed by atoms with van der Waals surface area (Å²) in [4.78, 5) is 11.5. The summed E-state index contributed by atoms with van der Waals surface area (Å²) in [5.74, 6) is -0.219. The van der Waals surface area contributed by atoms with Crippen molar-refractivity contribution in [2.45, 2.75) is 26.3 Å². The molecule has 0 aliphatic heterocycles. The maximum atomic E-state index is 11.5. The van der Waals surface area contributed by atoms with Crippen LogP contribution in [-0.2, 0) is 0 Å². The molecule has 1 amide bonds. The van der Waals surface area contributed by atoms with Crippen molar-refractivity contribution in [3.05, 3.63) is 23.0 Å². The zero-order chi connectivity index (χ0) is 10.6. The standard InChI is InChI=1S/C9H12ClN3O/c1-3-6(2)11-9(14)7-4-5-8(10)13-12-7/h4-6H,3H2,1-2H3,(H,11,14). The van der Waals surface area contributed by atoms with Gasteiger partial charge >= 0.3 is 0 Å². The Kier molecular flexibility index (Phi) is 3.83. The monoisotopic (exact) mass is 213 g/mol. The summed E-state index contributed by atoms with van der Waals surface area (Å²) in [5.41, 5.74) is 0.287.